The van der Waals surface area contributed by atoms with Gasteiger partial charge in [-0.3, -0.25) is 4.79 Å². The zero-order chi connectivity index (χ0) is 21.3. The van der Waals surface area contributed by atoms with Crippen LogP contribution in [0.1, 0.15) is 31.7 Å². The lowest BCUT2D eigenvalue weighted by Gasteiger charge is -2.34. The highest BCUT2D eigenvalue weighted by Crippen LogP contribution is 2.25. The van der Waals surface area contributed by atoms with Gasteiger partial charge in [-0.25, -0.2) is 13.9 Å². The van der Waals surface area contributed by atoms with E-state index in [0.29, 0.717) is 17.5 Å². The third kappa shape index (κ3) is 3.87. The van der Waals surface area contributed by atoms with Gasteiger partial charge in [0.2, 0.25) is 5.91 Å². The van der Waals surface area contributed by atoms with Crippen LogP contribution in [0.2, 0.25) is 0 Å². The van der Waals surface area contributed by atoms with E-state index in [0.717, 1.165) is 35.4 Å². The third-order valence-electron chi connectivity index (χ3n) is 5.46. The van der Waals surface area contributed by atoms with Crippen molar-refractivity contribution in [2.45, 2.75) is 45.7 Å². The van der Waals surface area contributed by atoms with Gasteiger partial charge in [-0.05, 0) is 56.9 Å². The molecule has 30 heavy (non-hydrogen) atoms. The van der Waals surface area contributed by atoms with Crippen molar-refractivity contribution in [1.82, 2.24) is 19.2 Å². The van der Waals surface area contributed by atoms with Crippen LogP contribution in [0, 0.1) is 6.92 Å². The summed E-state index contributed by atoms with van der Waals surface area (Å²) in [6, 6.07) is 7.73. The van der Waals surface area contributed by atoms with Crippen molar-refractivity contribution in [3.63, 3.8) is 0 Å². The number of nitrogens with one attached hydrogen (secondary N) is 1. The number of aromatic nitrogens is 4. The molecule has 1 amide bonds. The fourth-order valence-corrected chi connectivity index (χ4v) is 3.84. The topological polar surface area (TPSA) is 93.8 Å². The predicted molar refractivity (Wildman–Crippen MR) is 114 cm³/mol. The van der Waals surface area contributed by atoms with Gasteiger partial charge >= 0.3 is 5.69 Å². The van der Waals surface area contributed by atoms with E-state index in [1.54, 1.807) is 19.4 Å². The number of carbonyl (C=O) groups excluding carboxylic acids is 1. The van der Waals surface area contributed by atoms with E-state index in [1.807, 2.05) is 25.1 Å². The molecule has 1 aliphatic heterocycles. The average molecular weight is 410 g/mol. The summed E-state index contributed by atoms with van der Waals surface area (Å²) in [4.78, 5) is 32.0. The summed E-state index contributed by atoms with van der Waals surface area (Å²) in [6.45, 7) is 4.83. The molecular weight excluding hydrogens is 384 g/mol. The minimum absolute atomic E-state index is 0.214. The van der Waals surface area contributed by atoms with Gasteiger partial charge < -0.3 is 15.0 Å². The Kier molecular flexibility index (Phi) is 5.43. The highest BCUT2D eigenvalue weighted by molar-refractivity contribution is 5.92. The smallest absolute Gasteiger partial charge is 0.352 e. The molecule has 9 nitrogen and oxygen atoms in total. The maximum absolute atomic E-state index is 12.7. The number of nitrogens with zero attached hydrogens (tertiary/aromatic N) is 5. The van der Waals surface area contributed by atoms with Gasteiger partial charge in [-0.2, -0.15) is 4.98 Å². The van der Waals surface area contributed by atoms with Crippen LogP contribution in [0.3, 0.4) is 0 Å². The number of anilines is 2. The van der Waals surface area contributed by atoms with Crippen molar-refractivity contribution < 1.29 is 9.53 Å². The molecule has 9 heteroatoms. The van der Waals surface area contributed by atoms with E-state index in [1.165, 1.54) is 10.8 Å². The molecule has 3 aromatic rings. The van der Waals surface area contributed by atoms with Crippen molar-refractivity contribution in [2.24, 2.45) is 0 Å². The van der Waals surface area contributed by atoms with E-state index >= 15 is 0 Å². The monoisotopic (exact) mass is 410 g/mol. The van der Waals surface area contributed by atoms with Gasteiger partial charge in [0.05, 0.1) is 12.8 Å². The zero-order valence-corrected chi connectivity index (χ0v) is 17.5. The largest absolute Gasteiger partial charge is 0.495 e. The molecule has 1 aliphatic rings. The molecule has 4 rings (SSSR count). The second-order valence-corrected chi connectivity index (χ2v) is 7.69. The molecule has 2 aromatic heterocycles. The standard InChI is InChI=1S/C21H26N6O3/c1-14-7-8-17(30-3)16(12-14)22-19(28)13-27-21(29)26-11-9-18(23-20(26)24-27)25-10-5-4-6-15(25)2/h7-9,11-12,15H,4-6,10,13H2,1-3H3,(H,22,28)/t15-/m0/s1. The van der Waals surface area contributed by atoms with Gasteiger partial charge in [0, 0.05) is 18.8 Å². The molecule has 158 valence electrons. The second kappa shape index (κ2) is 8.17. The number of methoxy groups -OCH3 is 1. The fraction of sp³-hybridized carbons (Fsp3) is 0.429. The van der Waals surface area contributed by atoms with Crippen LogP contribution < -0.4 is 20.6 Å². The maximum Gasteiger partial charge on any atom is 0.352 e. The zero-order valence-electron chi connectivity index (χ0n) is 17.5. The summed E-state index contributed by atoms with van der Waals surface area (Å²) in [5.74, 6) is 1.28. The lowest BCUT2D eigenvalue weighted by molar-refractivity contribution is -0.117. The number of piperidine rings is 1. The average Bonchev–Trinajstić information content (AvgIpc) is 3.03. The van der Waals surface area contributed by atoms with Gasteiger partial charge in [-0.15, -0.1) is 5.10 Å². The molecule has 0 saturated carbocycles. The van der Waals surface area contributed by atoms with Crippen molar-refractivity contribution in [1.29, 1.82) is 0 Å². The summed E-state index contributed by atoms with van der Waals surface area (Å²) in [6.07, 6.45) is 5.14. The Hall–Kier alpha value is -3.36. The Balaban J connectivity index is 1.56. The van der Waals surface area contributed by atoms with Crippen molar-refractivity contribution in [3.8, 4) is 5.75 Å². The Morgan fingerprint density at radius 2 is 2.13 bits per heavy atom. The van der Waals surface area contributed by atoms with Gasteiger partial charge in [-0.1, -0.05) is 6.07 Å². The lowest BCUT2D eigenvalue weighted by Crippen LogP contribution is -2.38. The van der Waals surface area contributed by atoms with Crippen molar-refractivity contribution in [3.05, 3.63) is 46.5 Å². The van der Waals surface area contributed by atoms with E-state index in [4.69, 9.17) is 4.74 Å². The number of carbonyl (C=O) groups is 1. The quantitative estimate of drug-likeness (QED) is 0.693. The van der Waals surface area contributed by atoms with Gasteiger partial charge in [0.15, 0.2) is 0 Å². The number of amides is 1. The molecular formula is C21H26N6O3. The highest BCUT2D eigenvalue weighted by atomic mass is 16.5. The Morgan fingerprint density at radius 3 is 2.90 bits per heavy atom. The van der Waals surface area contributed by atoms with E-state index in [-0.39, 0.29) is 18.2 Å². The summed E-state index contributed by atoms with van der Waals surface area (Å²) in [5.41, 5.74) is 1.14. The molecule has 1 N–H and O–H groups in total. The number of hydrogen-bond donors (Lipinski definition) is 1. The van der Waals surface area contributed by atoms with Gasteiger partial charge in [0.1, 0.15) is 18.1 Å². The number of hydrogen-bond acceptors (Lipinski definition) is 6. The lowest BCUT2D eigenvalue weighted by atomic mass is 10.0. The molecule has 1 atom stereocenters. The molecule has 0 aliphatic carbocycles. The highest BCUT2D eigenvalue weighted by Gasteiger charge is 2.21. The first-order valence-corrected chi connectivity index (χ1v) is 10.1. The second-order valence-electron chi connectivity index (χ2n) is 7.69. The Bertz CT molecular complexity index is 1140. The minimum Gasteiger partial charge on any atom is -0.495 e. The first-order valence-electron chi connectivity index (χ1n) is 10.1. The SMILES string of the molecule is COc1ccc(C)cc1NC(=O)Cn1nc2nc(N3CCCC[C@@H]3C)ccn2c1=O. The molecule has 1 aromatic carbocycles. The maximum atomic E-state index is 12.7. The Morgan fingerprint density at radius 1 is 1.30 bits per heavy atom. The summed E-state index contributed by atoms with van der Waals surface area (Å²) >= 11 is 0. The van der Waals surface area contributed by atoms with E-state index < -0.39 is 5.69 Å². The molecule has 0 unspecified atom stereocenters. The van der Waals surface area contributed by atoms with Crippen molar-refractivity contribution >= 4 is 23.2 Å². The molecule has 0 radical (unpaired) electrons. The number of aryl methyl sites for hydroxylation is 1. The van der Waals surface area contributed by atoms with Gasteiger partial charge in [0.25, 0.3) is 5.78 Å². The molecule has 3 heterocycles. The first-order chi connectivity index (χ1) is 14.5. The number of ether oxygens (including phenoxy) is 1. The third-order valence-corrected chi connectivity index (χ3v) is 5.46. The number of fused-ring (bicyclic) bond motifs is 1. The van der Waals surface area contributed by atoms with Crippen LogP contribution in [0.15, 0.2) is 35.3 Å². The predicted octanol–water partition coefficient (Wildman–Crippen LogP) is 2.23. The van der Waals surface area contributed by atoms with Crippen LogP contribution in [0.25, 0.3) is 5.78 Å². The molecule has 0 spiro atoms. The van der Waals surface area contributed by atoms with Crippen LogP contribution in [-0.4, -0.2) is 44.8 Å². The number of rotatable bonds is 5. The van der Waals surface area contributed by atoms with E-state index in [9.17, 15) is 9.59 Å². The van der Waals surface area contributed by atoms with Crippen LogP contribution in [0.4, 0.5) is 11.5 Å². The number of benzene rings is 1. The van der Waals surface area contributed by atoms with Crippen LogP contribution in [0.5, 0.6) is 5.75 Å². The van der Waals surface area contributed by atoms with Crippen molar-refractivity contribution in [2.75, 3.05) is 23.9 Å². The van der Waals surface area contributed by atoms with Crippen LogP contribution in [-0.2, 0) is 11.3 Å². The molecule has 1 fully saturated rings. The normalized spacial score (nSPS) is 16.6. The molecule has 0 bridgehead atoms. The summed E-state index contributed by atoms with van der Waals surface area (Å²) in [7, 11) is 1.54. The van der Waals surface area contributed by atoms with Crippen LogP contribution >= 0.6 is 0 Å². The van der Waals surface area contributed by atoms with E-state index in [2.05, 4.69) is 27.2 Å². The Labute approximate surface area is 174 Å². The summed E-state index contributed by atoms with van der Waals surface area (Å²) in [5, 5.41) is 7.06. The minimum atomic E-state index is -0.401. The summed E-state index contributed by atoms with van der Waals surface area (Å²) < 4.78 is 7.77. The fourth-order valence-electron chi connectivity index (χ4n) is 3.84. The first kappa shape index (κ1) is 19.9. The molecule has 1 saturated heterocycles.